The lowest BCUT2D eigenvalue weighted by Gasteiger charge is -2.33. The summed E-state index contributed by atoms with van der Waals surface area (Å²) in [6.45, 7) is 9.56. The first-order chi connectivity index (χ1) is 14.9. The van der Waals surface area contributed by atoms with Gasteiger partial charge in [0.1, 0.15) is 17.7 Å². The van der Waals surface area contributed by atoms with Crippen molar-refractivity contribution in [1.82, 2.24) is 19.9 Å². The maximum atomic E-state index is 6.04. The van der Waals surface area contributed by atoms with Crippen molar-refractivity contribution >= 4 is 0 Å². The van der Waals surface area contributed by atoms with Gasteiger partial charge < -0.3 is 4.74 Å². The Morgan fingerprint density at radius 3 is 2.77 bits per heavy atom. The van der Waals surface area contributed by atoms with E-state index in [2.05, 4.69) is 66.0 Å². The fraction of sp³-hybridized carbons (Fsp3) is 0.423. The van der Waals surface area contributed by atoms with E-state index in [0.29, 0.717) is 5.92 Å². The van der Waals surface area contributed by atoms with E-state index in [-0.39, 0.29) is 5.60 Å². The van der Waals surface area contributed by atoms with E-state index in [4.69, 9.17) is 9.72 Å². The Kier molecular flexibility index (Phi) is 5.22. The number of likely N-dealkylation sites (tertiary alicyclic amines) is 1. The van der Waals surface area contributed by atoms with Crippen LogP contribution in [0, 0.1) is 6.92 Å². The lowest BCUT2D eigenvalue weighted by molar-refractivity contribution is 0.138. The molecule has 2 aliphatic heterocycles. The van der Waals surface area contributed by atoms with Crippen LogP contribution in [0.5, 0.6) is 5.75 Å². The van der Waals surface area contributed by atoms with Gasteiger partial charge in [0.05, 0.1) is 0 Å². The molecule has 2 aliphatic rings. The Hall–Kier alpha value is -2.79. The molecular weight excluding hydrogens is 384 g/mol. The first kappa shape index (κ1) is 20.1. The second-order valence-electron chi connectivity index (χ2n) is 9.60. The molecule has 1 saturated heterocycles. The predicted octanol–water partition coefficient (Wildman–Crippen LogP) is 4.94. The second kappa shape index (κ2) is 8.04. The molecule has 2 aromatic heterocycles. The molecule has 0 bridgehead atoms. The van der Waals surface area contributed by atoms with E-state index in [1.54, 1.807) is 6.33 Å². The van der Waals surface area contributed by atoms with Crippen LogP contribution in [0.4, 0.5) is 0 Å². The van der Waals surface area contributed by atoms with Crippen molar-refractivity contribution in [3.05, 3.63) is 71.6 Å². The zero-order valence-corrected chi connectivity index (χ0v) is 18.6. The zero-order chi connectivity index (χ0) is 21.4. The minimum Gasteiger partial charge on any atom is -0.487 e. The molecule has 1 atom stereocenters. The molecule has 4 heterocycles. The van der Waals surface area contributed by atoms with Crippen molar-refractivity contribution in [2.45, 2.75) is 58.1 Å². The molecule has 5 nitrogen and oxygen atoms in total. The van der Waals surface area contributed by atoms with Crippen molar-refractivity contribution in [1.29, 1.82) is 0 Å². The molecule has 0 radical (unpaired) electrons. The van der Waals surface area contributed by atoms with Gasteiger partial charge in [0, 0.05) is 54.8 Å². The van der Waals surface area contributed by atoms with Crippen LogP contribution in [0.25, 0.3) is 11.1 Å². The summed E-state index contributed by atoms with van der Waals surface area (Å²) >= 11 is 0. The van der Waals surface area contributed by atoms with Gasteiger partial charge in [-0.3, -0.25) is 9.88 Å². The molecule has 1 fully saturated rings. The number of pyridine rings is 1. The highest BCUT2D eigenvalue weighted by atomic mass is 16.5. The van der Waals surface area contributed by atoms with E-state index in [0.717, 1.165) is 48.6 Å². The van der Waals surface area contributed by atoms with Crippen LogP contribution >= 0.6 is 0 Å². The van der Waals surface area contributed by atoms with Crippen LogP contribution in [0.3, 0.4) is 0 Å². The fourth-order valence-electron chi connectivity index (χ4n) is 4.98. The normalized spacial score (nSPS) is 20.3. The summed E-state index contributed by atoms with van der Waals surface area (Å²) in [6, 6.07) is 11.1. The summed E-state index contributed by atoms with van der Waals surface area (Å²) in [7, 11) is 0. The molecule has 0 saturated carbocycles. The minimum atomic E-state index is -0.0878. The van der Waals surface area contributed by atoms with Gasteiger partial charge in [0.15, 0.2) is 0 Å². The average molecular weight is 415 g/mol. The first-order valence-electron chi connectivity index (χ1n) is 11.2. The lowest BCUT2D eigenvalue weighted by Crippen LogP contribution is -2.34. The number of aryl methyl sites for hydroxylation is 1. The maximum absolute atomic E-state index is 6.04. The van der Waals surface area contributed by atoms with E-state index >= 15 is 0 Å². The number of rotatable bonds is 4. The van der Waals surface area contributed by atoms with Gasteiger partial charge in [0.2, 0.25) is 0 Å². The van der Waals surface area contributed by atoms with Crippen molar-refractivity contribution < 1.29 is 4.74 Å². The van der Waals surface area contributed by atoms with Crippen LogP contribution in [0.1, 0.15) is 55.1 Å². The number of benzene rings is 1. The number of fused-ring (bicyclic) bond motifs is 1. The Morgan fingerprint density at radius 1 is 1.10 bits per heavy atom. The van der Waals surface area contributed by atoms with Crippen LogP contribution < -0.4 is 4.74 Å². The van der Waals surface area contributed by atoms with Gasteiger partial charge in [-0.15, -0.1) is 0 Å². The molecule has 5 rings (SSSR count). The Bertz CT molecular complexity index is 1080. The second-order valence-corrected chi connectivity index (χ2v) is 9.60. The molecule has 0 spiro atoms. The lowest BCUT2D eigenvalue weighted by atomic mass is 9.92. The maximum Gasteiger partial charge on any atom is 0.123 e. The Morgan fingerprint density at radius 2 is 1.94 bits per heavy atom. The molecule has 0 amide bonds. The molecular formula is C26H30N4O. The molecule has 31 heavy (non-hydrogen) atoms. The number of hydrogen-bond acceptors (Lipinski definition) is 5. The van der Waals surface area contributed by atoms with Crippen molar-refractivity contribution in [3.63, 3.8) is 0 Å². The number of aromatic nitrogens is 3. The third kappa shape index (κ3) is 4.47. The smallest absolute Gasteiger partial charge is 0.123 e. The third-order valence-corrected chi connectivity index (χ3v) is 6.32. The molecule has 5 heteroatoms. The predicted molar refractivity (Wildman–Crippen MR) is 122 cm³/mol. The van der Waals surface area contributed by atoms with Crippen LogP contribution in [-0.2, 0) is 13.0 Å². The summed E-state index contributed by atoms with van der Waals surface area (Å²) < 4.78 is 6.04. The fourth-order valence-corrected chi connectivity index (χ4v) is 4.98. The highest BCUT2D eigenvalue weighted by Crippen LogP contribution is 2.36. The van der Waals surface area contributed by atoms with Gasteiger partial charge in [-0.25, -0.2) is 9.97 Å². The van der Waals surface area contributed by atoms with Crippen molar-refractivity contribution in [2.24, 2.45) is 0 Å². The van der Waals surface area contributed by atoms with E-state index < -0.39 is 0 Å². The summed E-state index contributed by atoms with van der Waals surface area (Å²) in [6.07, 6.45) is 8.69. The Balaban J connectivity index is 1.32. The Labute approximate surface area is 184 Å². The first-order valence-corrected chi connectivity index (χ1v) is 11.2. The number of hydrogen-bond donors (Lipinski definition) is 0. The van der Waals surface area contributed by atoms with Gasteiger partial charge in [-0.1, -0.05) is 12.1 Å². The number of piperidine rings is 1. The van der Waals surface area contributed by atoms with Gasteiger partial charge in [0.25, 0.3) is 0 Å². The van der Waals surface area contributed by atoms with Crippen LogP contribution in [0.2, 0.25) is 0 Å². The third-order valence-electron chi connectivity index (χ3n) is 6.32. The molecule has 1 aromatic carbocycles. The number of ether oxygens (including phenoxy) is 1. The molecule has 0 unspecified atom stereocenters. The van der Waals surface area contributed by atoms with Crippen molar-refractivity contribution in [3.8, 4) is 16.9 Å². The minimum absolute atomic E-state index is 0.0878. The summed E-state index contributed by atoms with van der Waals surface area (Å²) in [5.41, 5.74) is 7.07. The van der Waals surface area contributed by atoms with Crippen LogP contribution in [-0.4, -0.2) is 38.5 Å². The highest BCUT2D eigenvalue weighted by molar-refractivity contribution is 5.62. The molecule has 160 valence electrons. The monoisotopic (exact) mass is 414 g/mol. The van der Waals surface area contributed by atoms with Crippen molar-refractivity contribution in [2.75, 3.05) is 13.1 Å². The quantitative estimate of drug-likeness (QED) is 0.605. The summed E-state index contributed by atoms with van der Waals surface area (Å²) in [5, 5.41) is 0. The topological polar surface area (TPSA) is 51.1 Å². The molecule has 0 N–H and O–H groups in total. The summed E-state index contributed by atoms with van der Waals surface area (Å²) in [4.78, 5) is 15.8. The SMILES string of the molecule is Cc1cc(-c2cncnc2)cc([C@H]2CCCN(Cc3ccc4c(c3)CC(C)(C)O4)C2)n1. The zero-order valence-electron chi connectivity index (χ0n) is 18.6. The van der Waals surface area contributed by atoms with Gasteiger partial charge in [-0.2, -0.15) is 0 Å². The largest absolute Gasteiger partial charge is 0.487 e. The molecule has 3 aromatic rings. The standard InChI is InChI=1S/C26H30N4O/c1-18-9-21(23-13-27-17-28-14-23)11-24(29-18)20-5-4-8-30(16-20)15-19-6-7-25-22(10-19)12-26(2,3)31-25/h6-7,9-11,13-14,17,20H,4-5,8,12,15-16H2,1-3H3/t20-/m0/s1. The van der Waals surface area contributed by atoms with Crippen LogP contribution in [0.15, 0.2) is 49.1 Å². The van der Waals surface area contributed by atoms with E-state index in [9.17, 15) is 0 Å². The van der Waals surface area contributed by atoms with Gasteiger partial charge in [-0.05, 0) is 75.0 Å². The molecule has 0 aliphatic carbocycles. The average Bonchev–Trinajstić information content (AvgIpc) is 3.07. The van der Waals surface area contributed by atoms with E-state index in [1.165, 1.54) is 29.7 Å². The summed E-state index contributed by atoms with van der Waals surface area (Å²) in [5.74, 6) is 1.50. The highest BCUT2D eigenvalue weighted by Gasteiger charge is 2.30. The van der Waals surface area contributed by atoms with E-state index in [1.807, 2.05) is 12.4 Å². The number of nitrogens with zero attached hydrogens (tertiary/aromatic N) is 4. The van der Waals surface area contributed by atoms with Gasteiger partial charge >= 0.3 is 0 Å².